The van der Waals surface area contributed by atoms with Crippen LogP contribution in [-0.2, 0) is 14.3 Å². The molecule has 1 saturated heterocycles. The zero-order valence-electron chi connectivity index (χ0n) is 22.5. The van der Waals surface area contributed by atoms with Crippen molar-refractivity contribution in [1.82, 2.24) is 20.0 Å². The Labute approximate surface area is 225 Å². The number of methoxy groups -OCH3 is 1. The molecule has 0 radical (unpaired) electrons. The highest BCUT2D eigenvalue weighted by molar-refractivity contribution is 5.85. The number of ether oxygens (including phenoxy) is 1. The molecule has 1 aromatic heterocycles. The van der Waals surface area contributed by atoms with Crippen LogP contribution in [-0.4, -0.2) is 84.8 Å². The third-order valence-corrected chi connectivity index (χ3v) is 7.07. The first-order chi connectivity index (χ1) is 18.5. The number of carbonyl (C=O) groups is 2. The Morgan fingerprint density at radius 3 is 2.16 bits per heavy atom. The molecule has 38 heavy (non-hydrogen) atoms. The number of benzene rings is 2. The largest absolute Gasteiger partial charge is 0.375 e. The molecule has 2 aromatic carbocycles. The van der Waals surface area contributed by atoms with E-state index in [0.29, 0.717) is 38.6 Å². The minimum Gasteiger partial charge on any atom is -0.375 e. The van der Waals surface area contributed by atoms with Crippen molar-refractivity contribution in [3.63, 3.8) is 0 Å². The molecule has 1 fully saturated rings. The predicted octanol–water partition coefficient (Wildman–Crippen LogP) is 3.98. The quantitative estimate of drug-likeness (QED) is 0.407. The SMILES string of the molecule is CC[C@@H](C)CN(CC(=O)N1CCN(c2ccc(-c3ccc(-c4ccccc4)cc3)nn2)CC1)C(=O)COC. The van der Waals surface area contributed by atoms with Crippen LogP contribution in [0, 0.1) is 5.92 Å². The van der Waals surface area contributed by atoms with Crippen LogP contribution in [0.25, 0.3) is 22.4 Å². The summed E-state index contributed by atoms with van der Waals surface area (Å²) in [6.45, 7) is 7.31. The number of carbonyl (C=O) groups excluding carboxylic acids is 2. The van der Waals surface area contributed by atoms with Crippen molar-refractivity contribution in [3.05, 3.63) is 66.7 Å². The second-order valence-corrected chi connectivity index (χ2v) is 9.81. The number of anilines is 1. The van der Waals surface area contributed by atoms with Crippen LogP contribution < -0.4 is 4.90 Å². The average Bonchev–Trinajstić information content (AvgIpc) is 2.97. The smallest absolute Gasteiger partial charge is 0.249 e. The highest BCUT2D eigenvalue weighted by Crippen LogP contribution is 2.24. The predicted molar refractivity (Wildman–Crippen MR) is 150 cm³/mol. The molecule has 3 aromatic rings. The maximum atomic E-state index is 13.0. The van der Waals surface area contributed by atoms with E-state index >= 15 is 0 Å². The van der Waals surface area contributed by atoms with Crippen LogP contribution in [0.4, 0.5) is 5.82 Å². The minimum absolute atomic E-state index is 0.0106. The van der Waals surface area contributed by atoms with Gasteiger partial charge in [-0.3, -0.25) is 9.59 Å². The van der Waals surface area contributed by atoms with Crippen LogP contribution in [0.3, 0.4) is 0 Å². The molecule has 0 N–H and O–H groups in total. The molecule has 8 heteroatoms. The average molecular weight is 516 g/mol. The number of aromatic nitrogens is 2. The molecule has 2 heterocycles. The summed E-state index contributed by atoms with van der Waals surface area (Å²) in [6, 6.07) is 22.6. The zero-order valence-corrected chi connectivity index (χ0v) is 22.5. The molecular formula is C30H37N5O3. The summed E-state index contributed by atoms with van der Waals surface area (Å²) in [5.74, 6) is 0.946. The van der Waals surface area contributed by atoms with E-state index in [4.69, 9.17) is 4.74 Å². The van der Waals surface area contributed by atoms with Crippen LogP contribution in [0.15, 0.2) is 66.7 Å². The van der Waals surface area contributed by atoms with Gasteiger partial charge in [0, 0.05) is 45.4 Å². The number of hydrogen-bond acceptors (Lipinski definition) is 6. The Balaban J connectivity index is 1.32. The van der Waals surface area contributed by atoms with Gasteiger partial charge in [-0.15, -0.1) is 10.2 Å². The zero-order chi connectivity index (χ0) is 26.9. The summed E-state index contributed by atoms with van der Waals surface area (Å²) in [4.78, 5) is 31.1. The van der Waals surface area contributed by atoms with Gasteiger partial charge in [0.1, 0.15) is 6.61 Å². The molecule has 200 valence electrons. The summed E-state index contributed by atoms with van der Waals surface area (Å²) in [5, 5.41) is 8.93. The Bertz CT molecular complexity index is 1180. The topological polar surface area (TPSA) is 78.9 Å². The van der Waals surface area contributed by atoms with Crippen molar-refractivity contribution in [3.8, 4) is 22.4 Å². The van der Waals surface area contributed by atoms with Gasteiger partial charge in [-0.2, -0.15) is 0 Å². The third-order valence-electron chi connectivity index (χ3n) is 7.07. The molecule has 0 aliphatic carbocycles. The van der Waals surface area contributed by atoms with E-state index < -0.39 is 0 Å². The number of rotatable bonds is 10. The van der Waals surface area contributed by atoms with Gasteiger partial charge >= 0.3 is 0 Å². The van der Waals surface area contributed by atoms with Gasteiger partial charge in [0.05, 0.1) is 12.2 Å². The summed E-state index contributed by atoms with van der Waals surface area (Å²) >= 11 is 0. The summed E-state index contributed by atoms with van der Waals surface area (Å²) in [5.41, 5.74) is 4.19. The number of nitrogens with zero attached hydrogens (tertiary/aromatic N) is 5. The van der Waals surface area contributed by atoms with Gasteiger partial charge in [0.2, 0.25) is 11.8 Å². The van der Waals surface area contributed by atoms with E-state index in [1.54, 1.807) is 4.90 Å². The Hall–Kier alpha value is -3.78. The van der Waals surface area contributed by atoms with Gasteiger partial charge in [-0.1, -0.05) is 74.9 Å². The van der Waals surface area contributed by atoms with Crippen LogP contribution in [0.2, 0.25) is 0 Å². The number of amides is 2. The van der Waals surface area contributed by atoms with Crippen molar-refractivity contribution >= 4 is 17.6 Å². The molecule has 4 rings (SSSR count). The van der Waals surface area contributed by atoms with Crippen molar-refractivity contribution < 1.29 is 14.3 Å². The highest BCUT2D eigenvalue weighted by Gasteiger charge is 2.26. The second kappa shape index (κ2) is 13.1. The van der Waals surface area contributed by atoms with Crippen LogP contribution >= 0.6 is 0 Å². The lowest BCUT2D eigenvalue weighted by Crippen LogP contribution is -2.52. The molecular weight excluding hydrogens is 478 g/mol. The fourth-order valence-electron chi connectivity index (χ4n) is 4.53. The molecule has 0 unspecified atom stereocenters. The van der Waals surface area contributed by atoms with Crippen molar-refractivity contribution in [2.24, 2.45) is 5.92 Å². The molecule has 0 spiro atoms. The van der Waals surface area contributed by atoms with Gasteiger partial charge in [0.15, 0.2) is 5.82 Å². The lowest BCUT2D eigenvalue weighted by molar-refractivity contribution is -0.143. The van der Waals surface area contributed by atoms with Gasteiger partial charge < -0.3 is 19.4 Å². The lowest BCUT2D eigenvalue weighted by Gasteiger charge is -2.36. The van der Waals surface area contributed by atoms with Crippen LogP contribution in [0.1, 0.15) is 20.3 Å². The van der Waals surface area contributed by atoms with Crippen LogP contribution in [0.5, 0.6) is 0 Å². The number of piperazine rings is 1. The first-order valence-corrected chi connectivity index (χ1v) is 13.3. The molecule has 2 amide bonds. The van der Waals surface area contributed by atoms with Gasteiger partial charge in [-0.05, 0) is 29.2 Å². The normalized spacial score (nSPS) is 14.3. The molecule has 0 bridgehead atoms. The summed E-state index contributed by atoms with van der Waals surface area (Å²) in [7, 11) is 1.50. The van der Waals surface area contributed by atoms with Crippen molar-refractivity contribution in [1.29, 1.82) is 0 Å². The van der Waals surface area contributed by atoms with Crippen molar-refractivity contribution in [2.75, 3.05) is 57.9 Å². The van der Waals surface area contributed by atoms with E-state index in [1.165, 1.54) is 12.7 Å². The second-order valence-electron chi connectivity index (χ2n) is 9.81. The maximum absolute atomic E-state index is 13.0. The molecule has 8 nitrogen and oxygen atoms in total. The van der Waals surface area contributed by atoms with E-state index in [-0.39, 0.29) is 25.0 Å². The van der Waals surface area contributed by atoms with E-state index in [9.17, 15) is 9.59 Å². The molecule has 0 saturated carbocycles. The van der Waals surface area contributed by atoms with Gasteiger partial charge in [0.25, 0.3) is 0 Å². The molecule has 1 atom stereocenters. The van der Waals surface area contributed by atoms with Crippen molar-refractivity contribution in [2.45, 2.75) is 20.3 Å². The first kappa shape index (κ1) is 27.3. The first-order valence-electron chi connectivity index (χ1n) is 13.3. The lowest BCUT2D eigenvalue weighted by atomic mass is 10.0. The van der Waals surface area contributed by atoms with Gasteiger partial charge in [-0.25, -0.2) is 0 Å². The van der Waals surface area contributed by atoms with E-state index in [1.807, 2.05) is 35.2 Å². The van der Waals surface area contributed by atoms with E-state index in [0.717, 1.165) is 29.1 Å². The Kier molecular flexibility index (Phi) is 9.43. The standard InChI is InChI=1S/C30H37N5O3/c1-4-23(2)20-35(30(37)22-38-3)21-29(36)34-18-16-33(17-19-34)28-15-14-27(31-32-28)26-12-10-25(11-13-26)24-8-6-5-7-9-24/h5-15,23H,4,16-22H2,1-3H3/t23-/m1/s1. The Morgan fingerprint density at radius 1 is 0.895 bits per heavy atom. The summed E-state index contributed by atoms with van der Waals surface area (Å²) in [6.07, 6.45) is 0.947. The Morgan fingerprint density at radius 2 is 1.55 bits per heavy atom. The molecule has 1 aliphatic heterocycles. The minimum atomic E-state index is -0.148. The summed E-state index contributed by atoms with van der Waals surface area (Å²) < 4.78 is 5.01. The van der Waals surface area contributed by atoms with E-state index in [2.05, 4.69) is 65.3 Å². The maximum Gasteiger partial charge on any atom is 0.249 e. The number of hydrogen-bond donors (Lipinski definition) is 0. The fourth-order valence-corrected chi connectivity index (χ4v) is 4.53. The third kappa shape index (κ3) is 6.95. The highest BCUT2D eigenvalue weighted by atomic mass is 16.5. The fraction of sp³-hybridized carbons (Fsp3) is 0.400. The molecule has 1 aliphatic rings. The monoisotopic (exact) mass is 515 g/mol.